The molecule has 1 heterocycles. The number of nitrogens with two attached hydrogens (primary N) is 1. The lowest BCUT2D eigenvalue weighted by atomic mass is 10.4. The molecule has 0 radical (unpaired) electrons. The maximum Gasteiger partial charge on any atom is 0.282 e. The second kappa shape index (κ2) is 5.09. The quantitative estimate of drug-likeness (QED) is 0.607. The highest BCUT2D eigenvalue weighted by molar-refractivity contribution is 7.16. The molecule has 0 atom stereocenters. The van der Waals surface area contributed by atoms with Gasteiger partial charge in [-0.25, -0.2) is 0 Å². The van der Waals surface area contributed by atoms with E-state index in [1.807, 2.05) is 0 Å². The smallest absolute Gasteiger partial charge is 0.282 e. The highest BCUT2D eigenvalue weighted by Gasteiger charge is 2.28. The Morgan fingerprint density at radius 1 is 1.29 bits per heavy atom. The van der Waals surface area contributed by atoms with Crippen molar-refractivity contribution < 1.29 is 9.59 Å². The number of nitrogens with one attached hydrogen (secondary N) is 2. The van der Waals surface area contributed by atoms with Gasteiger partial charge < -0.3 is 16.4 Å². The lowest BCUT2D eigenvalue weighted by Gasteiger charge is -2.04. The first-order chi connectivity index (χ1) is 8.16. The summed E-state index contributed by atoms with van der Waals surface area (Å²) in [5.41, 5.74) is 5.36. The van der Waals surface area contributed by atoms with Gasteiger partial charge in [0.05, 0.1) is 0 Å². The molecule has 1 fully saturated rings. The third-order valence-corrected chi connectivity index (χ3v) is 3.04. The molecule has 7 nitrogen and oxygen atoms in total. The molecule has 0 aliphatic heterocycles. The Morgan fingerprint density at radius 3 is 2.59 bits per heavy atom. The Hall–Kier alpha value is -1.70. The van der Waals surface area contributed by atoms with Crippen LogP contribution >= 0.6 is 11.3 Å². The monoisotopic (exact) mass is 255 g/mol. The zero-order chi connectivity index (χ0) is 12.3. The Balaban J connectivity index is 1.64. The molecule has 1 aliphatic carbocycles. The van der Waals surface area contributed by atoms with Crippen LogP contribution in [0.4, 0.5) is 5.13 Å². The number of anilines is 1. The van der Waals surface area contributed by atoms with Crippen LogP contribution in [0.3, 0.4) is 0 Å². The Bertz CT molecular complexity index is 429. The molecule has 4 N–H and O–H groups in total. The van der Waals surface area contributed by atoms with Gasteiger partial charge in [-0.3, -0.25) is 9.59 Å². The first-order valence-corrected chi connectivity index (χ1v) is 6.13. The van der Waals surface area contributed by atoms with Gasteiger partial charge in [0, 0.05) is 19.0 Å². The largest absolute Gasteiger partial charge is 0.374 e. The summed E-state index contributed by atoms with van der Waals surface area (Å²) >= 11 is 1.03. The summed E-state index contributed by atoms with van der Waals surface area (Å²) in [4.78, 5) is 22.7. The van der Waals surface area contributed by atoms with Crippen molar-refractivity contribution >= 4 is 28.3 Å². The van der Waals surface area contributed by atoms with Crippen molar-refractivity contribution in [1.29, 1.82) is 0 Å². The van der Waals surface area contributed by atoms with Gasteiger partial charge in [-0.2, -0.15) is 0 Å². The van der Waals surface area contributed by atoms with Gasteiger partial charge in [0.15, 0.2) is 0 Å². The summed E-state index contributed by atoms with van der Waals surface area (Å²) in [5.74, 6) is -0.0621. The molecule has 0 spiro atoms. The maximum absolute atomic E-state index is 11.5. The van der Waals surface area contributed by atoms with E-state index >= 15 is 0 Å². The van der Waals surface area contributed by atoms with Crippen LogP contribution in [0.5, 0.6) is 0 Å². The normalized spacial score (nSPS) is 14.4. The molecule has 0 saturated heterocycles. The van der Waals surface area contributed by atoms with Crippen LogP contribution in [0.1, 0.15) is 22.6 Å². The molecule has 0 unspecified atom stereocenters. The zero-order valence-corrected chi connectivity index (χ0v) is 9.92. The molecule has 1 aliphatic rings. The van der Waals surface area contributed by atoms with Crippen LogP contribution in [-0.2, 0) is 4.79 Å². The molecular formula is C9H13N5O2S. The first-order valence-electron chi connectivity index (χ1n) is 5.31. The van der Waals surface area contributed by atoms with Crippen molar-refractivity contribution in [2.24, 2.45) is 5.92 Å². The average Bonchev–Trinajstić information content (AvgIpc) is 3.07. The van der Waals surface area contributed by atoms with Crippen molar-refractivity contribution in [3.05, 3.63) is 5.01 Å². The molecule has 2 rings (SSSR count). The van der Waals surface area contributed by atoms with E-state index in [2.05, 4.69) is 20.8 Å². The Labute approximate surface area is 102 Å². The second-order valence-corrected chi connectivity index (χ2v) is 4.78. The van der Waals surface area contributed by atoms with E-state index in [1.165, 1.54) is 0 Å². The van der Waals surface area contributed by atoms with Crippen LogP contribution in [0.15, 0.2) is 0 Å². The van der Waals surface area contributed by atoms with E-state index in [4.69, 9.17) is 5.73 Å². The van der Waals surface area contributed by atoms with E-state index in [9.17, 15) is 9.59 Å². The minimum atomic E-state index is -0.320. The summed E-state index contributed by atoms with van der Waals surface area (Å²) in [6.45, 7) is 0.798. The number of carbonyl (C=O) groups is 2. The topological polar surface area (TPSA) is 110 Å². The van der Waals surface area contributed by atoms with E-state index in [-0.39, 0.29) is 27.9 Å². The number of amides is 2. The van der Waals surface area contributed by atoms with Crippen molar-refractivity contribution in [2.45, 2.75) is 12.8 Å². The third-order valence-electron chi connectivity index (χ3n) is 2.29. The fourth-order valence-corrected chi connectivity index (χ4v) is 1.78. The fraction of sp³-hybridized carbons (Fsp3) is 0.556. The van der Waals surface area contributed by atoms with Gasteiger partial charge in [-0.05, 0) is 12.8 Å². The Morgan fingerprint density at radius 2 is 2.00 bits per heavy atom. The molecule has 1 aromatic rings. The summed E-state index contributed by atoms with van der Waals surface area (Å²) in [6, 6.07) is 0. The summed E-state index contributed by atoms with van der Waals surface area (Å²) < 4.78 is 0. The molecular weight excluding hydrogens is 242 g/mol. The van der Waals surface area contributed by atoms with Crippen LogP contribution in [0, 0.1) is 5.92 Å². The third kappa shape index (κ3) is 3.38. The molecule has 17 heavy (non-hydrogen) atoms. The van der Waals surface area contributed by atoms with Gasteiger partial charge >= 0.3 is 0 Å². The molecule has 1 aromatic heterocycles. The van der Waals surface area contributed by atoms with E-state index in [1.54, 1.807) is 0 Å². The van der Waals surface area contributed by atoms with Crippen LogP contribution < -0.4 is 16.4 Å². The minimum absolute atomic E-state index is 0.0689. The van der Waals surface area contributed by atoms with Gasteiger partial charge in [-0.15, -0.1) is 10.2 Å². The van der Waals surface area contributed by atoms with Gasteiger partial charge in [-0.1, -0.05) is 11.3 Å². The van der Waals surface area contributed by atoms with Crippen molar-refractivity contribution in [2.75, 3.05) is 18.8 Å². The number of nitrogen functional groups attached to an aromatic ring is 1. The zero-order valence-electron chi connectivity index (χ0n) is 9.10. The van der Waals surface area contributed by atoms with E-state index in [0.717, 1.165) is 24.2 Å². The van der Waals surface area contributed by atoms with Crippen LogP contribution in [0.25, 0.3) is 0 Å². The molecule has 2 amide bonds. The van der Waals surface area contributed by atoms with Crippen molar-refractivity contribution in [3.63, 3.8) is 0 Å². The van der Waals surface area contributed by atoms with Crippen LogP contribution in [-0.4, -0.2) is 35.1 Å². The van der Waals surface area contributed by atoms with Gasteiger partial charge in [0.25, 0.3) is 5.91 Å². The number of carbonyl (C=O) groups excluding carboxylic acids is 2. The fourth-order valence-electron chi connectivity index (χ4n) is 1.25. The highest BCUT2D eigenvalue weighted by Crippen LogP contribution is 2.28. The van der Waals surface area contributed by atoms with Crippen molar-refractivity contribution in [3.8, 4) is 0 Å². The number of rotatable bonds is 5. The second-order valence-electron chi connectivity index (χ2n) is 3.77. The SMILES string of the molecule is Nc1nnc(C(=O)NCCNC(=O)C2CC2)s1. The first kappa shape index (κ1) is 11.8. The number of hydrogen-bond donors (Lipinski definition) is 3. The summed E-state index contributed by atoms with van der Waals surface area (Å²) in [7, 11) is 0. The van der Waals surface area contributed by atoms with E-state index < -0.39 is 0 Å². The molecule has 92 valence electrons. The van der Waals surface area contributed by atoms with Gasteiger partial charge in [0.2, 0.25) is 16.0 Å². The Kier molecular flexibility index (Phi) is 3.52. The highest BCUT2D eigenvalue weighted by atomic mass is 32.1. The van der Waals surface area contributed by atoms with Crippen molar-refractivity contribution in [1.82, 2.24) is 20.8 Å². The van der Waals surface area contributed by atoms with E-state index in [0.29, 0.717) is 13.1 Å². The van der Waals surface area contributed by atoms with Crippen LogP contribution in [0.2, 0.25) is 0 Å². The molecule has 1 saturated carbocycles. The standard InChI is InChI=1S/C9H13N5O2S/c10-9-14-13-8(17-9)7(16)12-4-3-11-6(15)5-1-2-5/h5H,1-4H2,(H2,10,14)(H,11,15)(H,12,16). The number of nitrogens with zero attached hydrogens (tertiary/aromatic N) is 2. The maximum atomic E-state index is 11.5. The minimum Gasteiger partial charge on any atom is -0.374 e. The molecule has 8 heteroatoms. The lowest BCUT2D eigenvalue weighted by Crippen LogP contribution is -2.35. The number of hydrogen-bond acceptors (Lipinski definition) is 6. The summed E-state index contributed by atoms with van der Waals surface area (Å²) in [6.07, 6.45) is 1.95. The van der Waals surface area contributed by atoms with Gasteiger partial charge in [0.1, 0.15) is 0 Å². The summed E-state index contributed by atoms with van der Waals surface area (Å²) in [5, 5.41) is 13.0. The lowest BCUT2D eigenvalue weighted by molar-refractivity contribution is -0.122. The molecule has 0 bridgehead atoms. The molecule has 0 aromatic carbocycles. The number of aromatic nitrogens is 2. The predicted molar refractivity (Wildman–Crippen MR) is 62.4 cm³/mol. The average molecular weight is 255 g/mol. The predicted octanol–water partition coefficient (Wildman–Crippen LogP) is -0.624.